The first-order chi connectivity index (χ1) is 13.9. The first-order valence-corrected chi connectivity index (χ1v) is 10.8. The molecule has 1 fully saturated rings. The van der Waals surface area contributed by atoms with Gasteiger partial charge in [0.15, 0.2) is 0 Å². The molecule has 2 aromatic rings. The Balaban J connectivity index is 1.70. The van der Waals surface area contributed by atoms with Crippen LogP contribution in [0.4, 0.5) is 0 Å². The van der Waals surface area contributed by atoms with Gasteiger partial charge in [0.25, 0.3) is 5.91 Å². The molecule has 2 heterocycles. The van der Waals surface area contributed by atoms with E-state index < -0.39 is 0 Å². The minimum Gasteiger partial charge on any atom is -0.378 e. The lowest BCUT2D eigenvalue weighted by molar-refractivity contribution is 0.00843. The summed E-state index contributed by atoms with van der Waals surface area (Å²) >= 11 is 0. The molecule has 1 aliphatic rings. The van der Waals surface area contributed by atoms with E-state index in [0.29, 0.717) is 19.1 Å². The van der Waals surface area contributed by atoms with Crippen LogP contribution < -0.4 is 5.73 Å². The Bertz CT molecular complexity index is 815. The molecule has 0 aliphatic carbocycles. The second-order valence-corrected chi connectivity index (χ2v) is 8.37. The van der Waals surface area contributed by atoms with Crippen LogP contribution in [0.15, 0.2) is 30.3 Å². The van der Waals surface area contributed by atoms with Crippen LogP contribution >= 0.6 is 0 Å². The number of rotatable bonds is 7. The number of nitrogens with two attached hydrogens (primary N) is 1. The van der Waals surface area contributed by atoms with Gasteiger partial charge in [0.2, 0.25) is 0 Å². The van der Waals surface area contributed by atoms with Crippen LogP contribution in [0.25, 0.3) is 5.69 Å². The number of ether oxygens (including phenoxy) is 1. The molecule has 0 spiro atoms. The van der Waals surface area contributed by atoms with E-state index in [9.17, 15) is 4.79 Å². The number of benzene rings is 1. The molecule has 5 nitrogen and oxygen atoms in total. The second-order valence-electron chi connectivity index (χ2n) is 8.37. The van der Waals surface area contributed by atoms with Crippen molar-refractivity contribution in [1.29, 1.82) is 0 Å². The summed E-state index contributed by atoms with van der Waals surface area (Å²) in [5.41, 5.74) is 10.9. The summed E-state index contributed by atoms with van der Waals surface area (Å²) in [6.07, 6.45) is 2.93. The van der Waals surface area contributed by atoms with Gasteiger partial charge in [-0.3, -0.25) is 4.79 Å². The van der Waals surface area contributed by atoms with Gasteiger partial charge >= 0.3 is 0 Å². The van der Waals surface area contributed by atoms with Gasteiger partial charge in [0.1, 0.15) is 0 Å². The van der Waals surface area contributed by atoms with Crippen LogP contribution in [-0.2, 0) is 4.74 Å². The van der Waals surface area contributed by atoms with Crippen molar-refractivity contribution in [3.8, 4) is 5.69 Å². The zero-order valence-corrected chi connectivity index (χ0v) is 18.3. The highest BCUT2D eigenvalue weighted by molar-refractivity contribution is 5.96. The quantitative estimate of drug-likeness (QED) is 0.713. The maximum Gasteiger partial charge on any atom is 0.255 e. The van der Waals surface area contributed by atoms with Crippen LogP contribution in [0, 0.1) is 13.8 Å². The molecule has 3 rings (SSSR count). The van der Waals surface area contributed by atoms with Crippen molar-refractivity contribution in [2.75, 3.05) is 26.2 Å². The van der Waals surface area contributed by atoms with Crippen LogP contribution in [0.5, 0.6) is 0 Å². The van der Waals surface area contributed by atoms with Gasteiger partial charge in [-0.15, -0.1) is 0 Å². The maximum absolute atomic E-state index is 13.2. The summed E-state index contributed by atoms with van der Waals surface area (Å²) in [4.78, 5) is 15.2. The largest absolute Gasteiger partial charge is 0.378 e. The molecule has 1 aliphatic heterocycles. The molecule has 0 radical (unpaired) electrons. The fourth-order valence-electron chi connectivity index (χ4n) is 4.11. The SMILES string of the molecule is Cc1cc(C(=O)N2CCC(OCCCN)CC2)c(C)n1-c1ccc(C(C)C)cc1. The van der Waals surface area contributed by atoms with Crippen molar-refractivity contribution in [3.63, 3.8) is 0 Å². The Morgan fingerprint density at radius 3 is 2.41 bits per heavy atom. The number of piperidine rings is 1. The zero-order valence-electron chi connectivity index (χ0n) is 18.3. The van der Waals surface area contributed by atoms with Gasteiger partial charge in [-0.1, -0.05) is 26.0 Å². The van der Waals surface area contributed by atoms with Gasteiger partial charge in [-0.25, -0.2) is 0 Å². The van der Waals surface area contributed by atoms with E-state index in [-0.39, 0.29) is 12.0 Å². The summed E-state index contributed by atoms with van der Waals surface area (Å²) in [6.45, 7) is 11.4. The lowest BCUT2D eigenvalue weighted by Gasteiger charge is -2.32. The fourth-order valence-corrected chi connectivity index (χ4v) is 4.11. The third-order valence-electron chi connectivity index (χ3n) is 5.91. The van der Waals surface area contributed by atoms with E-state index in [1.165, 1.54) is 5.56 Å². The predicted octanol–water partition coefficient (Wildman–Crippen LogP) is 4.19. The highest BCUT2D eigenvalue weighted by Gasteiger charge is 2.26. The van der Waals surface area contributed by atoms with Gasteiger partial charge in [-0.05, 0) is 69.3 Å². The first-order valence-electron chi connectivity index (χ1n) is 10.8. The Hall–Kier alpha value is -2.11. The van der Waals surface area contributed by atoms with Gasteiger partial charge in [-0.2, -0.15) is 0 Å². The van der Waals surface area contributed by atoms with Crippen molar-refractivity contribution in [3.05, 3.63) is 52.8 Å². The minimum atomic E-state index is 0.128. The number of hydrogen-bond acceptors (Lipinski definition) is 3. The number of nitrogens with zero attached hydrogens (tertiary/aromatic N) is 2. The average molecular weight is 398 g/mol. The first kappa shape index (κ1) is 21.6. The molecule has 29 heavy (non-hydrogen) atoms. The number of amides is 1. The molecule has 0 unspecified atom stereocenters. The standard InChI is InChI=1S/C24H35N3O2/c1-17(2)20-6-8-21(9-7-20)27-18(3)16-23(19(27)4)24(28)26-13-10-22(11-14-26)29-15-5-12-25/h6-9,16-17,22H,5,10-15,25H2,1-4H3. The summed E-state index contributed by atoms with van der Waals surface area (Å²) in [5.74, 6) is 0.638. The maximum atomic E-state index is 13.2. The van der Waals surface area contributed by atoms with Crippen LogP contribution in [0.3, 0.4) is 0 Å². The van der Waals surface area contributed by atoms with Crippen molar-refractivity contribution in [1.82, 2.24) is 9.47 Å². The third-order valence-corrected chi connectivity index (χ3v) is 5.91. The lowest BCUT2D eigenvalue weighted by Crippen LogP contribution is -2.41. The van der Waals surface area contributed by atoms with E-state index in [1.54, 1.807) is 0 Å². The van der Waals surface area contributed by atoms with E-state index in [1.807, 2.05) is 17.9 Å². The Kier molecular flexibility index (Phi) is 7.14. The molecule has 2 N–H and O–H groups in total. The highest BCUT2D eigenvalue weighted by Crippen LogP contribution is 2.25. The fraction of sp³-hybridized carbons (Fsp3) is 0.542. The van der Waals surface area contributed by atoms with E-state index >= 15 is 0 Å². The topological polar surface area (TPSA) is 60.5 Å². The molecule has 0 saturated carbocycles. The number of aromatic nitrogens is 1. The Morgan fingerprint density at radius 1 is 1.17 bits per heavy atom. The van der Waals surface area contributed by atoms with Crippen LogP contribution in [0.2, 0.25) is 0 Å². The molecular formula is C24H35N3O2. The third kappa shape index (κ3) is 4.90. The number of aryl methyl sites for hydroxylation is 1. The molecule has 0 bridgehead atoms. The van der Waals surface area contributed by atoms with Gasteiger partial charge in [0, 0.05) is 36.8 Å². The van der Waals surface area contributed by atoms with Crippen molar-refractivity contribution < 1.29 is 9.53 Å². The van der Waals surface area contributed by atoms with E-state index in [2.05, 4.69) is 49.6 Å². The summed E-state index contributed by atoms with van der Waals surface area (Å²) in [5, 5.41) is 0. The Morgan fingerprint density at radius 2 is 1.83 bits per heavy atom. The molecule has 5 heteroatoms. The molecule has 1 saturated heterocycles. The molecular weight excluding hydrogens is 362 g/mol. The smallest absolute Gasteiger partial charge is 0.255 e. The van der Waals surface area contributed by atoms with Crippen molar-refractivity contribution in [2.45, 2.75) is 59.0 Å². The number of likely N-dealkylation sites (tertiary alicyclic amines) is 1. The predicted molar refractivity (Wildman–Crippen MR) is 118 cm³/mol. The molecule has 1 aromatic carbocycles. The van der Waals surface area contributed by atoms with Crippen molar-refractivity contribution >= 4 is 5.91 Å². The van der Waals surface area contributed by atoms with Gasteiger partial charge in [0.05, 0.1) is 11.7 Å². The number of carbonyl (C=O) groups is 1. The number of carbonyl (C=O) groups excluding carboxylic acids is 1. The van der Waals surface area contributed by atoms with Crippen LogP contribution in [0.1, 0.15) is 66.3 Å². The lowest BCUT2D eigenvalue weighted by atomic mass is 10.0. The average Bonchev–Trinajstić information content (AvgIpc) is 3.02. The second kappa shape index (κ2) is 9.59. The van der Waals surface area contributed by atoms with E-state index in [4.69, 9.17) is 10.5 Å². The Labute approximate surface area is 174 Å². The molecule has 1 aromatic heterocycles. The van der Waals surface area contributed by atoms with Gasteiger partial charge < -0.3 is 19.9 Å². The monoisotopic (exact) mass is 397 g/mol. The number of hydrogen-bond donors (Lipinski definition) is 1. The molecule has 0 atom stereocenters. The normalized spacial score (nSPS) is 15.3. The minimum absolute atomic E-state index is 0.128. The summed E-state index contributed by atoms with van der Waals surface area (Å²) < 4.78 is 8.05. The summed E-state index contributed by atoms with van der Waals surface area (Å²) in [6, 6.07) is 10.7. The summed E-state index contributed by atoms with van der Waals surface area (Å²) in [7, 11) is 0. The van der Waals surface area contributed by atoms with E-state index in [0.717, 1.165) is 55.0 Å². The molecule has 158 valence electrons. The van der Waals surface area contributed by atoms with Crippen molar-refractivity contribution in [2.24, 2.45) is 5.73 Å². The highest BCUT2D eigenvalue weighted by atomic mass is 16.5. The van der Waals surface area contributed by atoms with Crippen LogP contribution in [-0.4, -0.2) is 47.7 Å². The molecule has 1 amide bonds. The zero-order chi connectivity index (χ0) is 21.0.